The number of aromatic nitrogens is 1. The molecule has 1 aromatic rings. The van der Waals surface area contributed by atoms with Crippen LogP contribution in [-0.4, -0.2) is 9.49 Å². The largest absolute Gasteiger partial charge is 0.309 e. The van der Waals surface area contributed by atoms with Crippen molar-refractivity contribution >= 4 is 5.69 Å². The molecule has 12 heavy (non-hydrogen) atoms. The van der Waals surface area contributed by atoms with Crippen LogP contribution in [0.1, 0.15) is 6.92 Å². The fourth-order valence-corrected chi connectivity index (χ4v) is 0.874. The lowest BCUT2D eigenvalue weighted by Gasteiger charge is -1.98. The van der Waals surface area contributed by atoms with E-state index >= 15 is 0 Å². The molecular weight excluding hydrogens is 160 g/mol. The van der Waals surface area contributed by atoms with Gasteiger partial charge < -0.3 is 4.57 Å². The van der Waals surface area contributed by atoms with Crippen LogP contribution in [0.5, 0.6) is 0 Å². The van der Waals surface area contributed by atoms with Crippen molar-refractivity contribution in [1.82, 2.24) is 4.57 Å². The van der Waals surface area contributed by atoms with Crippen molar-refractivity contribution in [3.8, 4) is 0 Å². The van der Waals surface area contributed by atoms with Gasteiger partial charge in [-0.15, -0.1) is 0 Å². The van der Waals surface area contributed by atoms with Crippen LogP contribution in [0.2, 0.25) is 0 Å². The molecule has 0 unspecified atom stereocenters. The minimum atomic E-state index is -0.522. The Kier molecular flexibility index (Phi) is 2.23. The highest BCUT2D eigenvalue weighted by Crippen LogP contribution is 2.05. The van der Waals surface area contributed by atoms with E-state index in [1.165, 1.54) is 22.9 Å². The minimum Gasteiger partial charge on any atom is -0.309 e. The second kappa shape index (κ2) is 3.17. The zero-order valence-electron chi connectivity index (χ0n) is 6.56. The molecule has 0 aromatic carbocycles. The summed E-state index contributed by atoms with van der Waals surface area (Å²) in [6.45, 7) is 2.20. The molecule has 1 heterocycles. The lowest BCUT2D eigenvalue weighted by Crippen LogP contribution is -2.17. The number of nitrogens with zero attached hydrogens (tertiary/aromatic N) is 2. The van der Waals surface area contributed by atoms with E-state index in [0.29, 0.717) is 6.54 Å². The summed E-state index contributed by atoms with van der Waals surface area (Å²) < 4.78 is 1.29. The maximum absolute atomic E-state index is 11.0. The molecule has 0 N–H and O–H groups in total. The molecule has 0 saturated heterocycles. The van der Waals surface area contributed by atoms with Crippen molar-refractivity contribution < 1.29 is 4.92 Å². The highest BCUT2D eigenvalue weighted by molar-refractivity contribution is 5.24. The molecule has 0 fully saturated rings. The van der Waals surface area contributed by atoms with Crippen molar-refractivity contribution in [2.45, 2.75) is 13.5 Å². The van der Waals surface area contributed by atoms with Gasteiger partial charge in [0.05, 0.1) is 11.1 Å². The highest BCUT2D eigenvalue weighted by atomic mass is 16.6. The van der Waals surface area contributed by atoms with Crippen LogP contribution in [0.25, 0.3) is 0 Å². The van der Waals surface area contributed by atoms with Gasteiger partial charge >= 0.3 is 0 Å². The fraction of sp³-hybridized carbons (Fsp3) is 0.286. The Bertz CT molecular complexity index is 356. The van der Waals surface area contributed by atoms with Gasteiger partial charge in [0.2, 0.25) is 0 Å². The molecule has 0 amide bonds. The van der Waals surface area contributed by atoms with E-state index in [2.05, 4.69) is 0 Å². The summed E-state index contributed by atoms with van der Waals surface area (Å²) in [4.78, 5) is 20.7. The van der Waals surface area contributed by atoms with Crippen LogP contribution >= 0.6 is 0 Å². The first-order valence-corrected chi connectivity index (χ1v) is 3.50. The molecule has 0 atom stereocenters. The summed E-state index contributed by atoms with van der Waals surface area (Å²) in [6, 6.07) is 2.40. The molecular formula is C7H8N2O3. The van der Waals surface area contributed by atoms with Gasteiger partial charge in [-0.3, -0.25) is 14.9 Å². The normalized spacial score (nSPS) is 9.75. The summed E-state index contributed by atoms with van der Waals surface area (Å²) in [5, 5.41) is 10.3. The van der Waals surface area contributed by atoms with E-state index in [-0.39, 0.29) is 11.2 Å². The van der Waals surface area contributed by atoms with Crippen molar-refractivity contribution in [2.75, 3.05) is 0 Å². The Morgan fingerprint density at radius 1 is 1.58 bits per heavy atom. The van der Waals surface area contributed by atoms with Crippen LogP contribution < -0.4 is 5.56 Å². The first-order valence-electron chi connectivity index (χ1n) is 3.50. The monoisotopic (exact) mass is 168 g/mol. The third-order valence-electron chi connectivity index (χ3n) is 1.52. The van der Waals surface area contributed by atoms with Crippen molar-refractivity contribution in [1.29, 1.82) is 0 Å². The Morgan fingerprint density at radius 3 is 2.75 bits per heavy atom. The predicted octanol–water partition coefficient (Wildman–Crippen LogP) is 0.776. The first-order chi connectivity index (χ1) is 5.65. The second-order valence-corrected chi connectivity index (χ2v) is 2.27. The number of hydrogen-bond acceptors (Lipinski definition) is 3. The van der Waals surface area contributed by atoms with Gasteiger partial charge in [0, 0.05) is 18.7 Å². The molecule has 0 aliphatic heterocycles. The second-order valence-electron chi connectivity index (χ2n) is 2.27. The zero-order chi connectivity index (χ0) is 9.14. The topological polar surface area (TPSA) is 65.1 Å². The minimum absolute atomic E-state index is 0.0588. The molecule has 0 saturated carbocycles. The van der Waals surface area contributed by atoms with Crippen LogP contribution in [0.3, 0.4) is 0 Å². The maximum Gasteiger partial charge on any atom is 0.285 e. The Hall–Kier alpha value is -1.65. The number of hydrogen-bond donors (Lipinski definition) is 0. The SMILES string of the molecule is CCn1cc([N+](=O)[O-])ccc1=O. The van der Waals surface area contributed by atoms with Gasteiger partial charge in [0.1, 0.15) is 0 Å². The van der Waals surface area contributed by atoms with Gasteiger partial charge in [0.15, 0.2) is 0 Å². The predicted molar refractivity (Wildman–Crippen MR) is 43.0 cm³/mol. The summed E-state index contributed by atoms with van der Waals surface area (Å²) in [5.74, 6) is 0. The van der Waals surface area contributed by atoms with Crippen LogP contribution in [0.15, 0.2) is 23.1 Å². The van der Waals surface area contributed by atoms with Crippen molar-refractivity contribution in [3.05, 3.63) is 38.8 Å². The number of aryl methyl sites for hydroxylation is 1. The molecule has 0 aliphatic carbocycles. The van der Waals surface area contributed by atoms with E-state index in [0.717, 1.165) is 0 Å². The van der Waals surface area contributed by atoms with Crippen molar-refractivity contribution in [3.63, 3.8) is 0 Å². The average Bonchev–Trinajstić information content (AvgIpc) is 2.05. The number of pyridine rings is 1. The third kappa shape index (κ3) is 1.50. The maximum atomic E-state index is 11.0. The molecule has 0 radical (unpaired) electrons. The quantitative estimate of drug-likeness (QED) is 0.484. The standard InChI is InChI=1S/C7H8N2O3/c1-2-8-5-6(9(11)12)3-4-7(8)10/h3-5H,2H2,1H3. The van der Waals surface area contributed by atoms with Crippen molar-refractivity contribution in [2.24, 2.45) is 0 Å². The van der Waals surface area contributed by atoms with E-state index < -0.39 is 4.92 Å². The third-order valence-corrected chi connectivity index (χ3v) is 1.52. The molecule has 1 aromatic heterocycles. The number of rotatable bonds is 2. The van der Waals surface area contributed by atoms with Crippen LogP contribution in [0.4, 0.5) is 5.69 Å². The molecule has 1 rings (SSSR count). The summed E-state index contributed by atoms with van der Waals surface area (Å²) in [6.07, 6.45) is 1.24. The smallest absolute Gasteiger partial charge is 0.285 e. The molecule has 5 nitrogen and oxygen atoms in total. The Labute approximate surface area is 68.4 Å². The van der Waals surface area contributed by atoms with E-state index in [1.807, 2.05) is 0 Å². The summed E-state index contributed by atoms with van der Waals surface area (Å²) in [7, 11) is 0. The van der Waals surface area contributed by atoms with Crippen LogP contribution in [0, 0.1) is 10.1 Å². The molecule has 64 valence electrons. The molecule has 0 spiro atoms. The average molecular weight is 168 g/mol. The summed E-state index contributed by atoms with van der Waals surface area (Å²) in [5.41, 5.74) is -0.278. The van der Waals surface area contributed by atoms with Crippen LogP contribution in [-0.2, 0) is 6.54 Å². The molecule has 5 heteroatoms. The fourth-order valence-electron chi connectivity index (χ4n) is 0.874. The van der Waals surface area contributed by atoms with Gasteiger partial charge in [-0.25, -0.2) is 0 Å². The van der Waals surface area contributed by atoms with Gasteiger partial charge in [-0.1, -0.05) is 0 Å². The highest BCUT2D eigenvalue weighted by Gasteiger charge is 2.05. The Balaban J connectivity index is 3.23. The van der Waals surface area contributed by atoms with Gasteiger partial charge in [-0.05, 0) is 6.92 Å². The molecule has 0 aliphatic rings. The Morgan fingerprint density at radius 2 is 2.25 bits per heavy atom. The zero-order valence-corrected chi connectivity index (χ0v) is 6.56. The van der Waals surface area contributed by atoms with Gasteiger partial charge in [0.25, 0.3) is 11.2 Å². The van der Waals surface area contributed by atoms with E-state index in [1.54, 1.807) is 6.92 Å². The lowest BCUT2D eigenvalue weighted by molar-refractivity contribution is -0.385. The van der Waals surface area contributed by atoms with E-state index in [4.69, 9.17) is 0 Å². The molecule has 0 bridgehead atoms. The summed E-state index contributed by atoms with van der Waals surface area (Å²) >= 11 is 0. The van der Waals surface area contributed by atoms with E-state index in [9.17, 15) is 14.9 Å². The first kappa shape index (κ1) is 8.45. The number of nitro groups is 1. The lowest BCUT2D eigenvalue weighted by atomic mass is 10.4. The van der Waals surface area contributed by atoms with Gasteiger partial charge in [-0.2, -0.15) is 0 Å².